The summed E-state index contributed by atoms with van der Waals surface area (Å²) in [5.41, 5.74) is 2.56. The molecular weight excluding hydrogens is 366 g/mol. The largest absolute Gasteiger partial charge is 0.403 e. The monoisotopic (exact) mass is 385 g/mol. The van der Waals surface area contributed by atoms with Crippen LogP contribution in [0.1, 0.15) is 18.1 Å². The van der Waals surface area contributed by atoms with E-state index in [9.17, 15) is 13.2 Å². The number of hydrogen-bond acceptors (Lipinski definition) is 6. The molecule has 8 heteroatoms. The van der Waals surface area contributed by atoms with E-state index in [4.69, 9.17) is 4.42 Å². The number of nitrogens with zero attached hydrogens (tertiary/aromatic N) is 2. The Kier molecular flexibility index (Phi) is 5.36. The topological polar surface area (TPSA) is 102 Å². The van der Waals surface area contributed by atoms with Gasteiger partial charge in [-0.15, -0.1) is 5.10 Å². The SMILES string of the molecule is CCS(=O)(=O)c1ccc(CC(=O)Nc2nnc(-c3ccc(C)cc3)o2)cc1. The summed E-state index contributed by atoms with van der Waals surface area (Å²) in [5.74, 6) is 0.0208. The summed E-state index contributed by atoms with van der Waals surface area (Å²) in [4.78, 5) is 12.4. The van der Waals surface area contributed by atoms with Crippen LogP contribution < -0.4 is 5.32 Å². The number of aryl methyl sites for hydroxylation is 1. The molecule has 3 rings (SSSR count). The van der Waals surface area contributed by atoms with Gasteiger partial charge in [0.05, 0.1) is 17.1 Å². The highest BCUT2D eigenvalue weighted by atomic mass is 32.2. The van der Waals surface area contributed by atoms with E-state index in [1.165, 1.54) is 12.1 Å². The van der Waals surface area contributed by atoms with Gasteiger partial charge in [-0.2, -0.15) is 0 Å². The van der Waals surface area contributed by atoms with Gasteiger partial charge in [0, 0.05) is 5.56 Å². The minimum atomic E-state index is -3.25. The quantitative estimate of drug-likeness (QED) is 0.700. The van der Waals surface area contributed by atoms with Gasteiger partial charge in [-0.05, 0) is 36.8 Å². The molecule has 0 radical (unpaired) electrons. The number of carbonyl (C=O) groups is 1. The molecule has 0 aliphatic carbocycles. The molecule has 0 saturated heterocycles. The summed E-state index contributed by atoms with van der Waals surface area (Å²) in [5, 5.41) is 10.3. The predicted octanol–water partition coefficient (Wildman–Crippen LogP) is 3.02. The van der Waals surface area contributed by atoms with E-state index in [-0.39, 0.29) is 29.0 Å². The first-order valence-electron chi connectivity index (χ1n) is 8.39. The Balaban J connectivity index is 1.64. The van der Waals surface area contributed by atoms with Crippen LogP contribution in [0.4, 0.5) is 6.01 Å². The van der Waals surface area contributed by atoms with Crippen molar-refractivity contribution in [1.29, 1.82) is 0 Å². The van der Waals surface area contributed by atoms with Crippen molar-refractivity contribution in [1.82, 2.24) is 10.2 Å². The smallest absolute Gasteiger partial charge is 0.322 e. The number of sulfone groups is 1. The number of carbonyl (C=O) groups excluding carboxylic acids is 1. The van der Waals surface area contributed by atoms with Gasteiger partial charge < -0.3 is 4.42 Å². The molecule has 0 bridgehead atoms. The van der Waals surface area contributed by atoms with E-state index >= 15 is 0 Å². The van der Waals surface area contributed by atoms with E-state index in [0.717, 1.165) is 11.1 Å². The first kappa shape index (κ1) is 18.8. The maximum absolute atomic E-state index is 12.2. The van der Waals surface area contributed by atoms with Crippen molar-refractivity contribution >= 4 is 21.8 Å². The van der Waals surface area contributed by atoms with Crippen LogP contribution in [0, 0.1) is 6.92 Å². The zero-order valence-corrected chi connectivity index (χ0v) is 15.8. The van der Waals surface area contributed by atoms with Crippen LogP contribution in [0.25, 0.3) is 11.5 Å². The van der Waals surface area contributed by atoms with Gasteiger partial charge in [0.25, 0.3) is 0 Å². The zero-order chi connectivity index (χ0) is 19.4. The maximum atomic E-state index is 12.2. The lowest BCUT2D eigenvalue weighted by atomic mass is 10.1. The Morgan fingerprint density at radius 2 is 1.70 bits per heavy atom. The fourth-order valence-electron chi connectivity index (χ4n) is 2.42. The molecular formula is C19H19N3O4S. The molecule has 27 heavy (non-hydrogen) atoms. The summed E-state index contributed by atoms with van der Waals surface area (Å²) in [7, 11) is -3.25. The van der Waals surface area contributed by atoms with Crippen molar-refractivity contribution in [2.24, 2.45) is 0 Å². The summed E-state index contributed by atoms with van der Waals surface area (Å²) in [6.07, 6.45) is 0.0642. The van der Waals surface area contributed by atoms with Crippen LogP contribution in [-0.2, 0) is 21.1 Å². The van der Waals surface area contributed by atoms with Gasteiger partial charge in [-0.3, -0.25) is 10.1 Å². The highest BCUT2D eigenvalue weighted by Crippen LogP contribution is 2.20. The highest BCUT2D eigenvalue weighted by molar-refractivity contribution is 7.91. The van der Waals surface area contributed by atoms with Gasteiger partial charge >= 0.3 is 6.01 Å². The molecule has 0 aliphatic rings. The van der Waals surface area contributed by atoms with Crippen molar-refractivity contribution in [3.8, 4) is 11.5 Å². The molecule has 1 amide bonds. The average molecular weight is 385 g/mol. The zero-order valence-electron chi connectivity index (χ0n) is 15.0. The molecule has 0 atom stereocenters. The summed E-state index contributed by atoms with van der Waals surface area (Å²) >= 11 is 0. The standard InChI is InChI=1S/C19H19N3O4S/c1-3-27(24,25)16-10-6-14(7-11-16)12-17(23)20-19-22-21-18(26-19)15-8-4-13(2)5-9-15/h4-11H,3,12H2,1-2H3,(H,20,22,23). The van der Waals surface area contributed by atoms with E-state index in [0.29, 0.717) is 11.5 Å². The predicted molar refractivity (Wildman–Crippen MR) is 101 cm³/mol. The van der Waals surface area contributed by atoms with E-state index in [1.54, 1.807) is 19.1 Å². The first-order valence-corrected chi connectivity index (χ1v) is 10.0. The second-order valence-electron chi connectivity index (χ2n) is 6.05. The minimum Gasteiger partial charge on any atom is -0.403 e. The van der Waals surface area contributed by atoms with E-state index in [2.05, 4.69) is 15.5 Å². The van der Waals surface area contributed by atoms with Crippen molar-refractivity contribution in [2.45, 2.75) is 25.2 Å². The number of anilines is 1. The summed E-state index contributed by atoms with van der Waals surface area (Å²) in [6, 6.07) is 13.8. The highest BCUT2D eigenvalue weighted by Gasteiger charge is 2.14. The number of hydrogen-bond donors (Lipinski definition) is 1. The van der Waals surface area contributed by atoms with Crippen LogP contribution >= 0.6 is 0 Å². The fourth-order valence-corrected chi connectivity index (χ4v) is 3.30. The molecule has 1 N–H and O–H groups in total. The minimum absolute atomic E-state index is 0.0146. The van der Waals surface area contributed by atoms with Crippen LogP contribution in [0.2, 0.25) is 0 Å². The number of rotatable bonds is 6. The van der Waals surface area contributed by atoms with E-state index < -0.39 is 9.84 Å². The Morgan fingerprint density at radius 1 is 1.04 bits per heavy atom. The average Bonchev–Trinajstić information content (AvgIpc) is 3.11. The third kappa shape index (κ3) is 4.59. The molecule has 1 aromatic heterocycles. The fraction of sp³-hybridized carbons (Fsp3) is 0.211. The number of aromatic nitrogens is 2. The molecule has 2 aromatic carbocycles. The van der Waals surface area contributed by atoms with E-state index in [1.807, 2.05) is 31.2 Å². The van der Waals surface area contributed by atoms with Crippen molar-refractivity contribution < 1.29 is 17.6 Å². The van der Waals surface area contributed by atoms with Gasteiger partial charge in [0.1, 0.15) is 0 Å². The second-order valence-corrected chi connectivity index (χ2v) is 8.33. The normalized spacial score (nSPS) is 11.3. The van der Waals surface area contributed by atoms with Crippen molar-refractivity contribution in [3.63, 3.8) is 0 Å². The summed E-state index contributed by atoms with van der Waals surface area (Å²) < 4.78 is 29.1. The Bertz CT molecular complexity index is 1040. The van der Waals surface area contributed by atoms with Gasteiger partial charge in [-0.1, -0.05) is 41.9 Å². The Hall–Kier alpha value is -3.00. The Labute approximate surface area is 157 Å². The van der Waals surface area contributed by atoms with Crippen LogP contribution in [-0.4, -0.2) is 30.3 Å². The molecule has 1 heterocycles. The maximum Gasteiger partial charge on any atom is 0.322 e. The number of nitrogens with one attached hydrogen (secondary N) is 1. The summed E-state index contributed by atoms with van der Waals surface area (Å²) in [6.45, 7) is 3.57. The third-order valence-electron chi connectivity index (χ3n) is 4.00. The third-order valence-corrected chi connectivity index (χ3v) is 5.75. The lowest BCUT2D eigenvalue weighted by Gasteiger charge is -2.04. The molecule has 0 saturated carbocycles. The van der Waals surface area contributed by atoms with Gasteiger partial charge in [0.15, 0.2) is 9.84 Å². The van der Waals surface area contributed by atoms with Crippen molar-refractivity contribution in [3.05, 3.63) is 59.7 Å². The number of benzene rings is 2. The first-order chi connectivity index (χ1) is 12.9. The molecule has 140 valence electrons. The molecule has 0 spiro atoms. The van der Waals surface area contributed by atoms with Crippen LogP contribution in [0.15, 0.2) is 57.8 Å². The molecule has 7 nitrogen and oxygen atoms in total. The van der Waals surface area contributed by atoms with Gasteiger partial charge in [0.2, 0.25) is 11.8 Å². The molecule has 3 aromatic rings. The van der Waals surface area contributed by atoms with Crippen LogP contribution in [0.5, 0.6) is 0 Å². The Morgan fingerprint density at radius 3 is 2.33 bits per heavy atom. The van der Waals surface area contributed by atoms with Gasteiger partial charge in [-0.25, -0.2) is 8.42 Å². The molecule has 0 fully saturated rings. The molecule has 0 unspecified atom stereocenters. The lowest BCUT2D eigenvalue weighted by molar-refractivity contribution is -0.115. The molecule has 0 aliphatic heterocycles. The van der Waals surface area contributed by atoms with Crippen molar-refractivity contribution in [2.75, 3.05) is 11.1 Å². The van der Waals surface area contributed by atoms with Crippen LogP contribution in [0.3, 0.4) is 0 Å². The second kappa shape index (κ2) is 7.71. The lowest BCUT2D eigenvalue weighted by Crippen LogP contribution is -2.14. The number of amides is 1.